The number of hydrogen-bond acceptors (Lipinski definition) is 7. The van der Waals surface area contributed by atoms with Crippen molar-refractivity contribution in [2.24, 2.45) is 0 Å². The number of rotatable bonds is 3. The molecular formula is C13H24N6O. The Kier molecular flexibility index (Phi) is 4.39. The molecule has 2 N–H and O–H groups in total. The van der Waals surface area contributed by atoms with Gasteiger partial charge in [-0.2, -0.15) is 15.0 Å². The van der Waals surface area contributed by atoms with Crippen molar-refractivity contribution in [3.05, 3.63) is 5.82 Å². The number of aromatic nitrogens is 3. The van der Waals surface area contributed by atoms with Gasteiger partial charge in [-0.05, 0) is 20.8 Å². The summed E-state index contributed by atoms with van der Waals surface area (Å²) in [6, 6.07) is 0.0906. The third-order valence-electron chi connectivity index (χ3n) is 3.43. The molecule has 0 bridgehead atoms. The molecule has 0 unspecified atom stereocenters. The Balaban J connectivity index is 2.21. The predicted octanol–water partition coefficient (Wildman–Crippen LogP) is 0.690. The van der Waals surface area contributed by atoms with Crippen molar-refractivity contribution in [1.29, 1.82) is 0 Å². The Hall–Kier alpha value is -1.47. The lowest BCUT2D eigenvalue weighted by molar-refractivity contribution is -0.0798. The molecule has 0 aromatic carbocycles. The van der Waals surface area contributed by atoms with E-state index in [0.717, 1.165) is 13.1 Å². The van der Waals surface area contributed by atoms with Gasteiger partial charge >= 0.3 is 0 Å². The first-order chi connectivity index (χ1) is 9.36. The van der Waals surface area contributed by atoms with Crippen LogP contribution in [0.5, 0.6) is 0 Å². The van der Waals surface area contributed by atoms with Gasteiger partial charge < -0.3 is 15.4 Å². The van der Waals surface area contributed by atoms with Gasteiger partial charge in [0.25, 0.3) is 0 Å². The quantitative estimate of drug-likeness (QED) is 0.872. The van der Waals surface area contributed by atoms with Gasteiger partial charge in [0.05, 0.1) is 18.2 Å². The topological polar surface area (TPSA) is 80.4 Å². The number of nitrogen functional groups attached to an aromatic ring is 1. The van der Waals surface area contributed by atoms with E-state index in [0.29, 0.717) is 11.8 Å². The molecule has 0 spiro atoms. The second kappa shape index (κ2) is 5.88. The molecule has 0 radical (unpaired) electrons. The van der Waals surface area contributed by atoms with E-state index in [4.69, 9.17) is 10.5 Å². The van der Waals surface area contributed by atoms with E-state index in [9.17, 15) is 0 Å². The van der Waals surface area contributed by atoms with Crippen LogP contribution < -0.4 is 10.6 Å². The summed E-state index contributed by atoms with van der Waals surface area (Å²) in [4.78, 5) is 17.1. The molecule has 0 aliphatic carbocycles. The fraction of sp³-hybridized carbons (Fsp3) is 0.769. The minimum atomic E-state index is 0.0906. The first-order valence-corrected chi connectivity index (χ1v) is 6.95. The second-order valence-electron chi connectivity index (χ2n) is 5.63. The number of morpholine rings is 1. The lowest BCUT2D eigenvalue weighted by Gasteiger charge is -2.38. The van der Waals surface area contributed by atoms with E-state index in [-0.39, 0.29) is 24.2 Å². The van der Waals surface area contributed by atoms with Crippen molar-refractivity contribution in [3.63, 3.8) is 0 Å². The van der Waals surface area contributed by atoms with Gasteiger partial charge in [-0.3, -0.25) is 4.90 Å². The third kappa shape index (κ3) is 3.34. The molecule has 7 heteroatoms. The van der Waals surface area contributed by atoms with Crippen molar-refractivity contribution < 1.29 is 4.74 Å². The molecule has 112 valence electrons. The monoisotopic (exact) mass is 280 g/mol. The van der Waals surface area contributed by atoms with E-state index in [2.05, 4.69) is 40.6 Å². The maximum atomic E-state index is 5.79. The SMILES string of the molecule is C[C@@H]1CN([C@H](C)c2nc(N)nc(N(C)C)n2)C[C@@H](C)O1. The van der Waals surface area contributed by atoms with Gasteiger partial charge in [0.1, 0.15) is 0 Å². The Morgan fingerprint density at radius 1 is 1.20 bits per heavy atom. The zero-order chi connectivity index (χ0) is 14.9. The lowest BCUT2D eigenvalue weighted by atomic mass is 10.1. The Labute approximate surface area is 120 Å². The van der Waals surface area contributed by atoms with Crippen molar-refractivity contribution in [3.8, 4) is 0 Å². The van der Waals surface area contributed by atoms with Crippen LogP contribution in [-0.4, -0.2) is 59.2 Å². The molecule has 2 rings (SSSR count). The highest BCUT2D eigenvalue weighted by Crippen LogP contribution is 2.23. The van der Waals surface area contributed by atoms with E-state index < -0.39 is 0 Å². The normalized spacial score (nSPS) is 25.4. The van der Waals surface area contributed by atoms with E-state index >= 15 is 0 Å². The van der Waals surface area contributed by atoms with Gasteiger partial charge in [0.15, 0.2) is 5.82 Å². The van der Waals surface area contributed by atoms with Crippen LogP contribution in [0.1, 0.15) is 32.6 Å². The van der Waals surface area contributed by atoms with Crippen LogP contribution in [0.15, 0.2) is 0 Å². The number of ether oxygens (including phenoxy) is 1. The standard InChI is InChI=1S/C13H24N6O/c1-8-6-19(7-9(2)20-8)10(3)11-15-12(14)17-13(16-11)18(4)5/h8-10H,6-7H2,1-5H3,(H2,14,15,16,17)/t8-,9-,10-/m1/s1. The summed E-state index contributed by atoms with van der Waals surface area (Å²) in [6.07, 6.45) is 0.433. The van der Waals surface area contributed by atoms with Crippen LogP contribution in [0.3, 0.4) is 0 Å². The summed E-state index contributed by atoms with van der Waals surface area (Å²) in [5.41, 5.74) is 5.79. The summed E-state index contributed by atoms with van der Waals surface area (Å²) in [6.45, 7) is 8.01. The predicted molar refractivity (Wildman–Crippen MR) is 78.6 cm³/mol. The molecule has 1 aromatic rings. The van der Waals surface area contributed by atoms with Gasteiger partial charge in [-0.25, -0.2) is 0 Å². The van der Waals surface area contributed by atoms with Crippen molar-refractivity contribution in [2.75, 3.05) is 37.8 Å². The molecule has 1 saturated heterocycles. The minimum Gasteiger partial charge on any atom is -0.373 e. The fourth-order valence-corrected chi connectivity index (χ4v) is 2.48. The Morgan fingerprint density at radius 2 is 1.80 bits per heavy atom. The number of hydrogen-bond donors (Lipinski definition) is 1. The maximum Gasteiger partial charge on any atom is 0.229 e. The molecule has 2 heterocycles. The first-order valence-electron chi connectivity index (χ1n) is 6.95. The van der Waals surface area contributed by atoms with E-state index in [1.54, 1.807) is 0 Å². The van der Waals surface area contributed by atoms with Crippen molar-refractivity contribution in [1.82, 2.24) is 19.9 Å². The van der Waals surface area contributed by atoms with E-state index in [1.807, 2.05) is 19.0 Å². The first kappa shape index (κ1) is 14.9. The van der Waals surface area contributed by atoms with Gasteiger partial charge in [-0.15, -0.1) is 0 Å². The summed E-state index contributed by atoms with van der Waals surface area (Å²) < 4.78 is 5.76. The number of anilines is 2. The Bertz CT molecular complexity index is 456. The average molecular weight is 280 g/mol. The van der Waals surface area contributed by atoms with Crippen LogP contribution in [0.2, 0.25) is 0 Å². The van der Waals surface area contributed by atoms with Crippen LogP contribution in [0.4, 0.5) is 11.9 Å². The fourth-order valence-electron chi connectivity index (χ4n) is 2.48. The van der Waals surface area contributed by atoms with Crippen LogP contribution >= 0.6 is 0 Å². The van der Waals surface area contributed by atoms with E-state index in [1.165, 1.54) is 0 Å². The summed E-state index contributed by atoms with van der Waals surface area (Å²) in [7, 11) is 3.78. The van der Waals surface area contributed by atoms with Gasteiger partial charge in [0.2, 0.25) is 11.9 Å². The molecule has 1 aromatic heterocycles. The molecule has 0 saturated carbocycles. The molecular weight excluding hydrogens is 256 g/mol. The largest absolute Gasteiger partial charge is 0.373 e. The molecule has 20 heavy (non-hydrogen) atoms. The van der Waals surface area contributed by atoms with Crippen molar-refractivity contribution >= 4 is 11.9 Å². The highest BCUT2D eigenvalue weighted by atomic mass is 16.5. The maximum absolute atomic E-state index is 5.79. The van der Waals surface area contributed by atoms with Gasteiger partial charge in [0, 0.05) is 27.2 Å². The zero-order valence-corrected chi connectivity index (χ0v) is 12.9. The summed E-state index contributed by atoms with van der Waals surface area (Å²) in [5, 5.41) is 0. The molecule has 7 nitrogen and oxygen atoms in total. The molecule has 1 aliphatic rings. The van der Waals surface area contributed by atoms with Crippen molar-refractivity contribution in [2.45, 2.75) is 39.0 Å². The minimum absolute atomic E-state index is 0.0906. The highest BCUT2D eigenvalue weighted by Gasteiger charge is 2.28. The number of nitrogens with zero attached hydrogens (tertiary/aromatic N) is 5. The highest BCUT2D eigenvalue weighted by molar-refractivity contribution is 5.33. The van der Waals surface area contributed by atoms with Crippen LogP contribution in [0.25, 0.3) is 0 Å². The zero-order valence-electron chi connectivity index (χ0n) is 12.9. The smallest absolute Gasteiger partial charge is 0.229 e. The van der Waals surface area contributed by atoms with Crippen LogP contribution in [-0.2, 0) is 4.74 Å². The molecule has 3 atom stereocenters. The lowest BCUT2D eigenvalue weighted by Crippen LogP contribution is -2.46. The Morgan fingerprint density at radius 3 is 2.35 bits per heavy atom. The van der Waals surface area contributed by atoms with Gasteiger partial charge in [-0.1, -0.05) is 0 Å². The molecule has 0 amide bonds. The van der Waals surface area contributed by atoms with Crippen LogP contribution in [0, 0.1) is 0 Å². The average Bonchev–Trinajstić information content (AvgIpc) is 2.35. The summed E-state index contributed by atoms with van der Waals surface area (Å²) >= 11 is 0. The third-order valence-corrected chi connectivity index (χ3v) is 3.43. The molecule has 1 aliphatic heterocycles. The second-order valence-corrected chi connectivity index (χ2v) is 5.63. The summed E-state index contributed by atoms with van der Waals surface area (Å²) in [5.74, 6) is 1.57. The molecule has 1 fully saturated rings. The number of nitrogens with two attached hydrogens (primary N) is 1.